The summed E-state index contributed by atoms with van der Waals surface area (Å²) in [6.07, 6.45) is 14.7. The van der Waals surface area contributed by atoms with Crippen LogP contribution in [-0.4, -0.2) is 30.2 Å². The van der Waals surface area contributed by atoms with Crippen LogP contribution in [0.2, 0.25) is 0 Å². The number of piperidine rings is 1. The second-order valence-electron chi connectivity index (χ2n) is 5.61. The van der Waals surface area contributed by atoms with Crippen LogP contribution in [0.15, 0.2) is 36.7 Å². The molecule has 19 heavy (non-hydrogen) atoms. The molecule has 1 saturated heterocycles. The Labute approximate surface area is 115 Å². The first-order chi connectivity index (χ1) is 9.42. The molecule has 1 aliphatic carbocycles. The van der Waals surface area contributed by atoms with E-state index in [4.69, 9.17) is 0 Å². The summed E-state index contributed by atoms with van der Waals surface area (Å²) in [4.78, 5) is 6.56. The molecule has 0 aromatic carbocycles. The van der Waals surface area contributed by atoms with Crippen molar-refractivity contribution in [1.82, 2.24) is 10.3 Å². The summed E-state index contributed by atoms with van der Waals surface area (Å²) in [7, 11) is 0. The summed E-state index contributed by atoms with van der Waals surface area (Å²) in [5, 5.41) is 3.84. The molecule has 3 heteroatoms. The van der Waals surface area contributed by atoms with Crippen molar-refractivity contribution in [1.29, 1.82) is 0 Å². The minimum atomic E-state index is 0.703. The maximum Gasteiger partial charge on any atom is 0.0397 e. The highest BCUT2D eigenvalue weighted by atomic mass is 15.1. The van der Waals surface area contributed by atoms with Gasteiger partial charge in [0.2, 0.25) is 0 Å². The third-order valence-corrected chi connectivity index (χ3v) is 4.26. The fraction of sp³-hybridized carbons (Fsp3) is 0.562. The van der Waals surface area contributed by atoms with Gasteiger partial charge in [-0.3, -0.25) is 4.98 Å². The molecule has 2 aliphatic rings. The van der Waals surface area contributed by atoms with E-state index >= 15 is 0 Å². The molecule has 1 aromatic rings. The zero-order valence-electron chi connectivity index (χ0n) is 11.5. The number of hydrogen-bond donors (Lipinski definition) is 1. The molecule has 1 atom stereocenters. The third-order valence-electron chi connectivity index (χ3n) is 4.26. The van der Waals surface area contributed by atoms with Gasteiger partial charge in [-0.2, -0.15) is 0 Å². The van der Waals surface area contributed by atoms with Gasteiger partial charge in [0.05, 0.1) is 0 Å². The molecule has 0 saturated carbocycles. The number of rotatable bonds is 3. The molecular weight excluding hydrogens is 234 g/mol. The van der Waals surface area contributed by atoms with E-state index in [1.54, 1.807) is 0 Å². The Morgan fingerprint density at radius 2 is 1.79 bits per heavy atom. The Balaban J connectivity index is 1.48. The molecule has 3 rings (SSSR count). The van der Waals surface area contributed by atoms with Gasteiger partial charge in [-0.05, 0) is 44.2 Å². The van der Waals surface area contributed by atoms with E-state index in [2.05, 4.69) is 39.5 Å². The molecule has 1 N–H and O–H groups in total. The molecule has 2 heterocycles. The Kier molecular flexibility index (Phi) is 4.13. The van der Waals surface area contributed by atoms with E-state index < -0.39 is 0 Å². The number of pyridine rings is 1. The fourth-order valence-electron chi connectivity index (χ4n) is 3.14. The molecule has 1 unspecified atom stereocenters. The highest BCUT2D eigenvalue weighted by molar-refractivity contribution is 5.44. The van der Waals surface area contributed by atoms with Crippen LogP contribution in [0.1, 0.15) is 32.1 Å². The third kappa shape index (κ3) is 3.35. The molecule has 0 radical (unpaired) electrons. The highest BCUT2D eigenvalue weighted by Gasteiger charge is 2.21. The molecule has 1 aliphatic heterocycles. The van der Waals surface area contributed by atoms with Crippen LogP contribution in [0.3, 0.4) is 0 Å². The monoisotopic (exact) mass is 257 g/mol. The number of anilines is 1. The average molecular weight is 257 g/mol. The zero-order chi connectivity index (χ0) is 12.9. The van der Waals surface area contributed by atoms with E-state index in [0.29, 0.717) is 12.1 Å². The second kappa shape index (κ2) is 6.20. The van der Waals surface area contributed by atoms with E-state index in [1.165, 1.54) is 37.8 Å². The Hall–Kier alpha value is -1.35. The largest absolute Gasteiger partial charge is 0.371 e. The molecule has 102 valence electrons. The van der Waals surface area contributed by atoms with Crippen molar-refractivity contribution in [3.05, 3.63) is 36.7 Å². The molecule has 3 nitrogen and oxygen atoms in total. The molecule has 0 amide bonds. The molecule has 0 spiro atoms. The Bertz CT molecular complexity index is 407. The number of hydrogen-bond acceptors (Lipinski definition) is 3. The van der Waals surface area contributed by atoms with Crippen molar-refractivity contribution in [2.45, 2.75) is 44.2 Å². The van der Waals surface area contributed by atoms with Crippen LogP contribution >= 0.6 is 0 Å². The Morgan fingerprint density at radius 1 is 1.00 bits per heavy atom. The van der Waals surface area contributed by atoms with Crippen molar-refractivity contribution < 1.29 is 0 Å². The van der Waals surface area contributed by atoms with E-state index in [-0.39, 0.29) is 0 Å². The first kappa shape index (κ1) is 12.7. The SMILES string of the molecule is C1=CCC(NC2CCN(c3ccncc3)CC2)CC1. The molecule has 1 fully saturated rings. The Morgan fingerprint density at radius 3 is 2.47 bits per heavy atom. The van der Waals surface area contributed by atoms with Gasteiger partial charge in [-0.15, -0.1) is 0 Å². The van der Waals surface area contributed by atoms with Crippen LogP contribution < -0.4 is 10.2 Å². The molecule has 0 bridgehead atoms. The average Bonchev–Trinajstić information content (AvgIpc) is 2.50. The maximum atomic E-state index is 4.09. The predicted octanol–water partition coefficient (Wildman–Crippen LogP) is 2.75. The van der Waals surface area contributed by atoms with Gasteiger partial charge in [-0.25, -0.2) is 0 Å². The topological polar surface area (TPSA) is 28.2 Å². The van der Waals surface area contributed by atoms with Crippen molar-refractivity contribution in [2.75, 3.05) is 18.0 Å². The summed E-state index contributed by atoms with van der Waals surface area (Å²) >= 11 is 0. The summed E-state index contributed by atoms with van der Waals surface area (Å²) in [6, 6.07) is 5.64. The van der Waals surface area contributed by atoms with Crippen molar-refractivity contribution in [2.24, 2.45) is 0 Å². The van der Waals surface area contributed by atoms with Crippen LogP contribution in [0.4, 0.5) is 5.69 Å². The van der Waals surface area contributed by atoms with Gasteiger partial charge in [0.25, 0.3) is 0 Å². The minimum Gasteiger partial charge on any atom is -0.371 e. The standard InChI is InChI=1S/C16H23N3/c1-2-4-14(5-3-1)18-15-8-12-19(13-9-15)16-6-10-17-11-7-16/h1-2,6-7,10-11,14-15,18H,3-5,8-9,12-13H2. The maximum absolute atomic E-state index is 4.09. The van der Waals surface area contributed by atoms with Gasteiger partial charge < -0.3 is 10.2 Å². The van der Waals surface area contributed by atoms with Crippen LogP contribution in [0.5, 0.6) is 0 Å². The predicted molar refractivity (Wildman–Crippen MR) is 79.4 cm³/mol. The van der Waals surface area contributed by atoms with Gasteiger partial charge in [0.15, 0.2) is 0 Å². The number of allylic oxidation sites excluding steroid dienone is 1. The second-order valence-corrected chi connectivity index (χ2v) is 5.61. The number of nitrogens with zero attached hydrogens (tertiary/aromatic N) is 2. The normalized spacial score (nSPS) is 24.6. The molecule has 1 aromatic heterocycles. The summed E-state index contributed by atoms with van der Waals surface area (Å²) in [6.45, 7) is 2.31. The van der Waals surface area contributed by atoms with Crippen molar-refractivity contribution in [3.63, 3.8) is 0 Å². The van der Waals surface area contributed by atoms with Gasteiger partial charge in [-0.1, -0.05) is 12.2 Å². The van der Waals surface area contributed by atoms with Gasteiger partial charge >= 0.3 is 0 Å². The van der Waals surface area contributed by atoms with E-state index in [0.717, 1.165) is 13.1 Å². The smallest absolute Gasteiger partial charge is 0.0397 e. The highest BCUT2D eigenvalue weighted by Crippen LogP contribution is 2.20. The lowest BCUT2D eigenvalue weighted by Gasteiger charge is -2.36. The summed E-state index contributed by atoms with van der Waals surface area (Å²) in [5.41, 5.74) is 1.31. The quantitative estimate of drug-likeness (QED) is 0.844. The summed E-state index contributed by atoms with van der Waals surface area (Å²) in [5.74, 6) is 0. The first-order valence-corrected chi connectivity index (χ1v) is 7.48. The van der Waals surface area contributed by atoms with Gasteiger partial charge in [0.1, 0.15) is 0 Å². The van der Waals surface area contributed by atoms with Crippen molar-refractivity contribution in [3.8, 4) is 0 Å². The van der Waals surface area contributed by atoms with E-state index in [9.17, 15) is 0 Å². The van der Waals surface area contributed by atoms with E-state index in [1.807, 2.05) is 12.4 Å². The van der Waals surface area contributed by atoms with Crippen LogP contribution in [0.25, 0.3) is 0 Å². The number of aromatic nitrogens is 1. The minimum absolute atomic E-state index is 0.703. The lowest BCUT2D eigenvalue weighted by molar-refractivity contribution is 0.351. The van der Waals surface area contributed by atoms with Crippen LogP contribution in [0, 0.1) is 0 Å². The van der Waals surface area contributed by atoms with Gasteiger partial charge in [0, 0.05) is 43.3 Å². The van der Waals surface area contributed by atoms with Crippen LogP contribution in [-0.2, 0) is 0 Å². The lowest BCUT2D eigenvalue weighted by Crippen LogP contribution is -2.46. The number of nitrogens with one attached hydrogen (secondary N) is 1. The zero-order valence-corrected chi connectivity index (χ0v) is 11.5. The first-order valence-electron chi connectivity index (χ1n) is 7.48. The lowest BCUT2D eigenvalue weighted by atomic mass is 9.98. The fourth-order valence-corrected chi connectivity index (χ4v) is 3.14. The molecular formula is C16H23N3. The van der Waals surface area contributed by atoms with Crippen molar-refractivity contribution >= 4 is 5.69 Å². The summed E-state index contributed by atoms with van der Waals surface area (Å²) < 4.78 is 0.